The van der Waals surface area contributed by atoms with E-state index in [0.717, 1.165) is 16.9 Å². The van der Waals surface area contributed by atoms with Crippen molar-refractivity contribution in [2.24, 2.45) is 5.41 Å². The van der Waals surface area contributed by atoms with Crippen LogP contribution >= 0.6 is 23.4 Å². The first-order valence-corrected chi connectivity index (χ1v) is 10.0. The number of rotatable bonds is 10. The maximum absolute atomic E-state index is 12.1. The molecule has 0 unspecified atom stereocenters. The fraction of sp³-hybridized carbons (Fsp3) is 0.625. The minimum atomic E-state index is -0.597. The first-order chi connectivity index (χ1) is 12.4. The highest BCUT2D eigenvalue weighted by Crippen LogP contribution is 2.23. The molecule has 0 atom stereocenters. The lowest BCUT2D eigenvalue weighted by Crippen LogP contribution is -2.39. The van der Waals surface area contributed by atoms with Crippen LogP contribution < -0.4 is 10.6 Å². The molecule has 2 N–H and O–H groups in total. The average Bonchev–Trinajstić information content (AvgIpc) is 3.04. The normalized spacial score (nSPS) is 11.7. The van der Waals surface area contributed by atoms with Gasteiger partial charge in [0.05, 0.1) is 30.1 Å². The highest BCUT2D eigenvalue weighted by molar-refractivity contribution is 7.98. The Morgan fingerprint density at radius 2 is 2.15 bits per heavy atom. The average molecular weight is 401 g/mol. The van der Waals surface area contributed by atoms with E-state index in [1.807, 2.05) is 20.1 Å². The molecule has 0 aliphatic rings. The number of ether oxygens (including phenoxy) is 1. The third kappa shape index (κ3) is 4.99. The van der Waals surface area contributed by atoms with Gasteiger partial charge in [-0.3, -0.25) is 4.79 Å². The quantitative estimate of drug-likeness (QED) is 0.272. The van der Waals surface area contributed by atoms with E-state index in [1.165, 1.54) is 11.8 Å². The number of methoxy groups -OCH3 is 1. The number of nitrogens with one attached hydrogen (secondary N) is 2. The van der Waals surface area contributed by atoms with Crippen LogP contribution in [-0.2, 0) is 16.1 Å². The molecule has 0 saturated carbocycles. The molecule has 0 aliphatic carbocycles. The number of carbonyl (C=O) groups excluding carboxylic acids is 1. The number of carbonyl (C=O) groups is 1. The maximum Gasteiger partial charge on any atom is 0.226 e. The van der Waals surface area contributed by atoms with Gasteiger partial charge in [0, 0.05) is 26.1 Å². The monoisotopic (exact) mass is 400 g/mol. The van der Waals surface area contributed by atoms with Crippen LogP contribution in [0.1, 0.15) is 13.8 Å². The number of aromatic nitrogens is 4. The molecule has 2 heterocycles. The predicted molar refractivity (Wildman–Crippen MR) is 105 cm³/mol. The number of hydrogen-bond donors (Lipinski definition) is 2. The second kappa shape index (κ2) is 9.38. The van der Waals surface area contributed by atoms with Crippen LogP contribution in [-0.4, -0.2) is 64.6 Å². The van der Waals surface area contributed by atoms with Gasteiger partial charge in [-0.1, -0.05) is 11.8 Å². The fourth-order valence-corrected chi connectivity index (χ4v) is 2.65. The zero-order valence-electron chi connectivity index (χ0n) is 15.5. The van der Waals surface area contributed by atoms with E-state index >= 15 is 0 Å². The standard InChI is InChI=1S/C16H25ClN6O2S/c1-16(2,10-17)14(24)19-5-7-23-13-11(9-20-23)12(18-6-8-25-3)21-15(22-13)26-4/h9H,5-8,10H2,1-4H3,(H,19,24)(H,18,21,22). The van der Waals surface area contributed by atoms with E-state index < -0.39 is 5.41 Å². The number of fused-ring (bicyclic) bond motifs is 1. The Labute approximate surface area is 162 Å². The van der Waals surface area contributed by atoms with E-state index in [9.17, 15) is 4.79 Å². The van der Waals surface area contributed by atoms with Gasteiger partial charge in [-0.2, -0.15) is 5.10 Å². The molecular weight excluding hydrogens is 376 g/mol. The third-order valence-electron chi connectivity index (χ3n) is 3.81. The van der Waals surface area contributed by atoms with Crippen LogP contribution in [0.4, 0.5) is 5.82 Å². The van der Waals surface area contributed by atoms with Crippen LogP contribution in [0.2, 0.25) is 0 Å². The van der Waals surface area contributed by atoms with E-state index in [0.29, 0.717) is 31.4 Å². The maximum atomic E-state index is 12.1. The molecule has 2 aromatic heterocycles. The molecule has 144 valence electrons. The molecule has 0 bridgehead atoms. The summed E-state index contributed by atoms with van der Waals surface area (Å²) in [6.45, 7) is 5.81. The number of thioether (sulfide) groups is 1. The fourth-order valence-electron chi connectivity index (χ4n) is 2.17. The van der Waals surface area contributed by atoms with Gasteiger partial charge in [-0.25, -0.2) is 14.6 Å². The molecule has 1 amide bonds. The summed E-state index contributed by atoms with van der Waals surface area (Å²) < 4.78 is 6.84. The molecule has 8 nitrogen and oxygen atoms in total. The predicted octanol–water partition coefficient (Wildman–Crippen LogP) is 1.99. The van der Waals surface area contributed by atoms with E-state index in [4.69, 9.17) is 16.3 Å². The summed E-state index contributed by atoms with van der Waals surface area (Å²) in [6.07, 6.45) is 3.66. The van der Waals surface area contributed by atoms with Crippen LogP contribution in [0, 0.1) is 5.41 Å². The number of amides is 1. The Balaban J connectivity index is 2.13. The molecule has 2 rings (SSSR count). The number of anilines is 1. The zero-order valence-corrected chi connectivity index (χ0v) is 17.1. The van der Waals surface area contributed by atoms with Gasteiger partial charge in [0.25, 0.3) is 0 Å². The van der Waals surface area contributed by atoms with Crippen molar-refractivity contribution in [2.75, 3.05) is 44.3 Å². The van der Waals surface area contributed by atoms with Crippen LogP contribution in [0.15, 0.2) is 11.4 Å². The van der Waals surface area contributed by atoms with Crippen molar-refractivity contribution in [3.8, 4) is 0 Å². The molecule has 0 fully saturated rings. The van der Waals surface area contributed by atoms with Gasteiger partial charge >= 0.3 is 0 Å². The summed E-state index contributed by atoms with van der Waals surface area (Å²) in [5, 5.41) is 12.0. The summed E-state index contributed by atoms with van der Waals surface area (Å²) in [5.41, 5.74) is 0.135. The van der Waals surface area contributed by atoms with E-state index in [-0.39, 0.29) is 11.8 Å². The lowest BCUT2D eigenvalue weighted by atomic mass is 9.95. The lowest BCUT2D eigenvalue weighted by molar-refractivity contribution is -0.128. The first kappa shape index (κ1) is 20.7. The van der Waals surface area contributed by atoms with Crippen LogP contribution in [0.3, 0.4) is 0 Å². The second-order valence-electron chi connectivity index (χ2n) is 6.36. The third-order valence-corrected chi connectivity index (χ3v) is 5.03. The summed E-state index contributed by atoms with van der Waals surface area (Å²) in [5.74, 6) is 0.921. The van der Waals surface area contributed by atoms with Crippen LogP contribution in [0.5, 0.6) is 0 Å². The molecule has 0 spiro atoms. The van der Waals surface area contributed by atoms with Gasteiger partial charge in [0.2, 0.25) is 5.91 Å². The van der Waals surface area contributed by atoms with Gasteiger partial charge in [-0.05, 0) is 20.1 Å². The molecule has 0 radical (unpaired) electrons. The molecule has 2 aromatic rings. The van der Waals surface area contributed by atoms with Gasteiger partial charge < -0.3 is 15.4 Å². The highest BCUT2D eigenvalue weighted by Gasteiger charge is 2.26. The Morgan fingerprint density at radius 1 is 1.38 bits per heavy atom. The molecule has 0 saturated heterocycles. The topological polar surface area (TPSA) is 94.0 Å². The second-order valence-corrected chi connectivity index (χ2v) is 7.40. The van der Waals surface area contributed by atoms with Crippen molar-refractivity contribution in [2.45, 2.75) is 25.5 Å². The van der Waals surface area contributed by atoms with Crippen molar-refractivity contribution in [3.05, 3.63) is 6.20 Å². The molecule has 26 heavy (non-hydrogen) atoms. The van der Waals surface area contributed by atoms with Crippen molar-refractivity contribution in [1.82, 2.24) is 25.1 Å². The lowest BCUT2D eigenvalue weighted by Gasteiger charge is -2.20. The minimum Gasteiger partial charge on any atom is -0.383 e. The van der Waals surface area contributed by atoms with Gasteiger partial charge in [-0.15, -0.1) is 11.6 Å². The summed E-state index contributed by atoms with van der Waals surface area (Å²) in [7, 11) is 1.66. The summed E-state index contributed by atoms with van der Waals surface area (Å²) >= 11 is 7.30. The minimum absolute atomic E-state index is 0.0784. The number of nitrogens with zero attached hydrogens (tertiary/aromatic N) is 4. The Kier molecular flexibility index (Phi) is 7.48. The SMILES string of the molecule is COCCNc1nc(SC)nc2c1cnn2CCNC(=O)C(C)(C)CCl. The number of alkyl halides is 1. The Morgan fingerprint density at radius 3 is 2.81 bits per heavy atom. The Bertz CT molecular complexity index is 752. The number of hydrogen-bond acceptors (Lipinski definition) is 7. The van der Waals surface area contributed by atoms with Crippen LogP contribution in [0.25, 0.3) is 11.0 Å². The van der Waals surface area contributed by atoms with Gasteiger partial charge in [0.15, 0.2) is 10.8 Å². The zero-order chi connectivity index (χ0) is 19.2. The summed E-state index contributed by atoms with van der Waals surface area (Å²) in [4.78, 5) is 21.2. The van der Waals surface area contributed by atoms with Gasteiger partial charge in [0.1, 0.15) is 5.82 Å². The van der Waals surface area contributed by atoms with Crippen molar-refractivity contribution in [3.63, 3.8) is 0 Å². The summed E-state index contributed by atoms with van der Waals surface area (Å²) in [6, 6.07) is 0. The van der Waals surface area contributed by atoms with Crippen molar-refractivity contribution >= 4 is 46.1 Å². The van der Waals surface area contributed by atoms with E-state index in [2.05, 4.69) is 25.7 Å². The highest BCUT2D eigenvalue weighted by atomic mass is 35.5. The molecule has 0 aliphatic heterocycles. The molecule has 0 aromatic carbocycles. The smallest absolute Gasteiger partial charge is 0.226 e. The number of halogens is 1. The first-order valence-electron chi connectivity index (χ1n) is 8.27. The van der Waals surface area contributed by atoms with Crippen molar-refractivity contribution < 1.29 is 9.53 Å². The Hall–Kier alpha value is -1.58. The molecule has 10 heteroatoms. The molecular formula is C16H25ClN6O2S. The largest absolute Gasteiger partial charge is 0.383 e. The van der Waals surface area contributed by atoms with Crippen molar-refractivity contribution in [1.29, 1.82) is 0 Å². The van der Waals surface area contributed by atoms with E-state index in [1.54, 1.807) is 18.0 Å².